The molecule has 1 rings (SSSR count). The third kappa shape index (κ3) is 4.87. The summed E-state index contributed by atoms with van der Waals surface area (Å²) in [4.78, 5) is 14.3. The van der Waals surface area contributed by atoms with Crippen molar-refractivity contribution in [2.75, 3.05) is 20.2 Å². The summed E-state index contributed by atoms with van der Waals surface area (Å²) in [5.41, 5.74) is 8.77. The van der Waals surface area contributed by atoms with Gasteiger partial charge in [-0.3, -0.25) is 0 Å². The molecule has 0 bridgehead atoms. The summed E-state index contributed by atoms with van der Waals surface area (Å²) in [6.45, 7) is 0.853. The molecule has 19 heavy (non-hydrogen) atoms. The Morgan fingerprint density at radius 3 is 3.05 bits per heavy atom. The highest BCUT2D eigenvalue weighted by Gasteiger charge is 2.20. The van der Waals surface area contributed by atoms with Gasteiger partial charge in [-0.1, -0.05) is 17.2 Å². The van der Waals surface area contributed by atoms with Crippen LogP contribution in [0, 0.1) is 0 Å². The minimum absolute atomic E-state index is 0.0854. The third-order valence-corrected chi connectivity index (χ3v) is 2.49. The van der Waals surface area contributed by atoms with Crippen LogP contribution in [-0.4, -0.2) is 31.3 Å². The van der Waals surface area contributed by atoms with E-state index >= 15 is 0 Å². The van der Waals surface area contributed by atoms with E-state index in [0.29, 0.717) is 25.1 Å². The Hall–Kier alpha value is -2.24. The number of hydrogen-bond acceptors (Lipinski definition) is 5. The van der Waals surface area contributed by atoms with Gasteiger partial charge in [0.2, 0.25) is 0 Å². The molecule has 0 aliphatic heterocycles. The Morgan fingerprint density at radius 1 is 1.63 bits per heavy atom. The number of carbonyl (C=O) groups excluding carboxylic acids is 1. The van der Waals surface area contributed by atoms with Crippen LogP contribution in [0.1, 0.15) is 18.0 Å². The predicted octanol–water partition coefficient (Wildman–Crippen LogP) is 1.90. The van der Waals surface area contributed by atoms with Crippen molar-refractivity contribution >= 4 is 5.97 Å². The van der Waals surface area contributed by atoms with Crippen LogP contribution in [-0.2, 0) is 9.53 Å². The van der Waals surface area contributed by atoms with E-state index in [4.69, 9.17) is 10.3 Å². The number of nitrogens with zero attached hydrogens (tertiary/aromatic N) is 3. The highest BCUT2D eigenvalue weighted by Crippen LogP contribution is 2.19. The van der Waals surface area contributed by atoms with E-state index in [9.17, 15) is 9.90 Å². The molecule has 1 unspecified atom stereocenters. The van der Waals surface area contributed by atoms with Crippen LogP contribution in [0.2, 0.25) is 0 Å². The molecule has 7 heteroatoms. The van der Waals surface area contributed by atoms with E-state index in [1.807, 2.05) is 0 Å². The van der Waals surface area contributed by atoms with Crippen LogP contribution in [0.15, 0.2) is 29.4 Å². The van der Waals surface area contributed by atoms with Crippen molar-refractivity contribution in [3.05, 3.63) is 40.3 Å². The zero-order valence-electron chi connectivity index (χ0n) is 10.6. The molecule has 102 valence electrons. The predicted molar refractivity (Wildman–Crippen MR) is 69.5 cm³/mol. The summed E-state index contributed by atoms with van der Waals surface area (Å²) < 4.78 is 4.72. The number of esters is 1. The van der Waals surface area contributed by atoms with Gasteiger partial charge >= 0.3 is 5.97 Å². The Kier molecular flexibility index (Phi) is 6.21. The zero-order valence-corrected chi connectivity index (χ0v) is 10.6. The highest BCUT2D eigenvalue weighted by molar-refractivity contribution is 5.77. The standard InChI is InChI=1S/C12H16N4O3/c1-19-12(18)11(14-6-3-7-15-16-13)9-4-2-5-10(17)8-9/h2,4-5,8,11,14,17H,3,6-7H2,1H3. The highest BCUT2D eigenvalue weighted by atomic mass is 16.5. The van der Waals surface area contributed by atoms with Gasteiger partial charge in [0.1, 0.15) is 11.8 Å². The summed E-state index contributed by atoms with van der Waals surface area (Å²) in [6, 6.07) is 5.76. The number of carbonyl (C=O) groups is 1. The largest absolute Gasteiger partial charge is 0.508 e. The lowest BCUT2D eigenvalue weighted by atomic mass is 10.1. The first-order valence-corrected chi connectivity index (χ1v) is 5.80. The molecule has 0 aromatic heterocycles. The smallest absolute Gasteiger partial charge is 0.327 e. The second-order valence-corrected chi connectivity index (χ2v) is 3.81. The average Bonchev–Trinajstić information content (AvgIpc) is 2.42. The van der Waals surface area contributed by atoms with E-state index in [1.165, 1.54) is 19.2 Å². The van der Waals surface area contributed by atoms with Crippen molar-refractivity contribution in [1.29, 1.82) is 0 Å². The summed E-state index contributed by atoms with van der Waals surface area (Å²) in [6.07, 6.45) is 0.608. The minimum Gasteiger partial charge on any atom is -0.508 e. The summed E-state index contributed by atoms with van der Waals surface area (Å²) in [7, 11) is 1.31. The summed E-state index contributed by atoms with van der Waals surface area (Å²) >= 11 is 0. The number of methoxy groups -OCH3 is 1. The molecule has 0 fully saturated rings. The van der Waals surface area contributed by atoms with Crippen LogP contribution < -0.4 is 5.32 Å². The number of phenols is 1. The van der Waals surface area contributed by atoms with E-state index < -0.39 is 12.0 Å². The molecule has 0 radical (unpaired) electrons. The van der Waals surface area contributed by atoms with Gasteiger partial charge < -0.3 is 15.2 Å². The van der Waals surface area contributed by atoms with Crippen LogP contribution >= 0.6 is 0 Å². The van der Waals surface area contributed by atoms with Crippen molar-refractivity contribution in [2.24, 2.45) is 5.11 Å². The van der Waals surface area contributed by atoms with Gasteiger partial charge in [-0.15, -0.1) is 0 Å². The fourth-order valence-electron chi connectivity index (χ4n) is 1.60. The number of aromatic hydroxyl groups is 1. The molecular formula is C12H16N4O3. The molecule has 0 spiro atoms. The fourth-order valence-corrected chi connectivity index (χ4v) is 1.60. The fraction of sp³-hybridized carbons (Fsp3) is 0.417. The van der Waals surface area contributed by atoms with Crippen molar-refractivity contribution in [2.45, 2.75) is 12.5 Å². The van der Waals surface area contributed by atoms with Crippen LogP contribution in [0.5, 0.6) is 5.75 Å². The lowest BCUT2D eigenvalue weighted by Crippen LogP contribution is -2.30. The number of ether oxygens (including phenoxy) is 1. The van der Waals surface area contributed by atoms with Crippen LogP contribution in [0.3, 0.4) is 0 Å². The molecule has 1 aromatic rings. The molecule has 2 N–H and O–H groups in total. The van der Waals surface area contributed by atoms with Gasteiger partial charge in [-0.05, 0) is 36.2 Å². The van der Waals surface area contributed by atoms with Crippen molar-refractivity contribution in [1.82, 2.24) is 5.32 Å². The van der Waals surface area contributed by atoms with Crippen molar-refractivity contribution in [3.8, 4) is 5.75 Å². The SMILES string of the molecule is COC(=O)C(NCCCN=[N+]=[N-])c1cccc(O)c1. The topological polar surface area (TPSA) is 107 Å². The molecule has 1 aromatic carbocycles. The first kappa shape index (κ1) is 14.8. The van der Waals surface area contributed by atoms with E-state index in [2.05, 4.69) is 15.3 Å². The maximum atomic E-state index is 11.7. The lowest BCUT2D eigenvalue weighted by molar-refractivity contribution is -0.143. The van der Waals surface area contributed by atoms with Gasteiger partial charge in [0.15, 0.2) is 0 Å². The van der Waals surface area contributed by atoms with E-state index in [-0.39, 0.29) is 5.75 Å². The third-order valence-electron chi connectivity index (χ3n) is 2.49. The maximum Gasteiger partial charge on any atom is 0.327 e. The molecular weight excluding hydrogens is 248 g/mol. The Labute approximate surface area is 110 Å². The van der Waals surface area contributed by atoms with Crippen molar-refractivity contribution in [3.63, 3.8) is 0 Å². The Balaban J connectivity index is 2.67. The molecule has 0 saturated heterocycles. The normalized spacial score (nSPS) is 11.4. The van der Waals surface area contributed by atoms with Gasteiger partial charge in [0, 0.05) is 11.5 Å². The lowest BCUT2D eigenvalue weighted by Gasteiger charge is -2.16. The summed E-state index contributed by atoms with van der Waals surface area (Å²) in [5, 5.41) is 15.8. The zero-order chi connectivity index (χ0) is 14.1. The molecule has 0 heterocycles. The molecule has 1 atom stereocenters. The molecule has 0 aliphatic rings. The number of rotatable bonds is 7. The van der Waals surface area contributed by atoms with Gasteiger partial charge in [-0.2, -0.15) is 0 Å². The van der Waals surface area contributed by atoms with Crippen molar-refractivity contribution < 1.29 is 14.6 Å². The number of hydrogen-bond donors (Lipinski definition) is 2. The van der Waals surface area contributed by atoms with Crippen LogP contribution in [0.4, 0.5) is 0 Å². The van der Waals surface area contributed by atoms with Gasteiger partial charge in [-0.25, -0.2) is 4.79 Å². The molecule has 0 amide bonds. The number of nitrogens with one attached hydrogen (secondary N) is 1. The van der Waals surface area contributed by atoms with E-state index in [1.54, 1.807) is 12.1 Å². The number of phenolic OH excluding ortho intramolecular Hbond substituents is 1. The molecule has 0 aliphatic carbocycles. The Morgan fingerprint density at radius 2 is 2.42 bits per heavy atom. The monoisotopic (exact) mass is 264 g/mol. The molecule has 7 nitrogen and oxygen atoms in total. The second kappa shape index (κ2) is 7.97. The first-order chi connectivity index (χ1) is 9.19. The number of benzene rings is 1. The Bertz CT molecular complexity index is 472. The van der Waals surface area contributed by atoms with Gasteiger partial charge in [0.25, 0.3) is 0 Å². The van der Waals surface area contributed by atoms with Crippen LogP contribution in [0.25, 0.3) is 10.4 Å². The minimum atomic E-state index is -0.650. The van der Waals surface area contributed by atoms with Gasteiger partial charge in [0.05, 0.1) is 7.11 Å². The average molecular weight is 264 g/mol. The molecule has 0 saturated carbocycles. The quantitative estimate of drug-likeness (QED) is 0.258. The first-order valence-electron chi connectivity index (χ1n) is 5.80. The second-order valence-electron chi connectivity index (χ2n) is 3.81. The maximum absolute atomic E-state index is 11.7. The number of azide groups is 1. The summed E-state index contributed by atoms with van der Waals surface area (Å²) in [5.74, 6) is -0.350. The van der Waals surface area contributed by atoms with E-state index in [0.717, 1.165) is 0 Å².